The van der Waals surface area contributed by atoms with Crippen molar-refractivity contribution < 1.29 is 27.5 Å². The van der Waals surface area contributed by atoms with E-state index >= 15 is 0 Å². The van der Waals surface area contributed by atoms with Crippen LogP contribution in [0.4, 0.5) is 34.5 Å². The number of ether oxygens (including phenoxy) is 1. The van der Waals surface area contributed by atoms with Crippen LogP contribution in [0.15, 0.2) is 48.5 Å². The minimum Gasteiger partial charge on any atom is -0.495 e. The van der Waals surface area contributed by atoms with Gasteiger partial charge in [-0.2, -0.15) is 13.2 Å². The second-order valence-corrected chi connectivity index (χ2v) is 7.24. The maximum atomic E-state index is 12.6. The van der Waals surface area contributed by atoms with Crippen molar-refractivity contribution in [3.63, 3.8) is 0 Å². The van der Waals surface area contributed by atoms with E-state index in [9.17, 15) is 22.8 Å². The summed E-state index contributed by atoms with van der Waals surface area (Å²) in [6.07, 6.45) is -4.46. The first kappa shape index (κ1) is 22.1. The number of hydrogen-bond acceptors (Lipinski definition) is 5. The van der Waals surface area contributed by atoms with E-state index in [1.54, 1.807) is 31.2 Å². The van der Waals surface area contributed by atoms with Gasteiger partial charge in [-0.05, 0) is 43.3 Å². The van der Waals surface area contributed by atoms with E-state index in [1.165, 1.54) is 7.11 Å². The molecule has 0 fully saturated rings. The summed E-state index contributed by atoms with van der Waals surface area (Å²) in [6, 6.07) is 10.3. The quantitative estimate of drug-likeness (QED) is 0.487. The molecule has 0 unspecified atom stereocenters. The zero-order chi connectivity index (χ0) is 22.6. The lowest BCUT2D eigenvalue weighted by Crippen LogP contribution is -2.19. The average molecular weight is 450 g/mol. The number of rotatable bonds is 5. The Morgan fingerprint density at radius 3 is 2.32 bits per heavy atom. The number of nitrogens with one attached hydrogen (secondary N) is 3. The van der Waals surface area contributed by atoms with Crippen LogP contribution in [0.5, 0.6) is 5.75 Å². The van der Waals surface area contributed by atoms with Crippen molar-refractivity contribution in [2.45, 2.75) is 13.1 Å². The summed E-state index contributed by atoms with van der Waals surface area (Å²) >= 11 is 0.937. The molecule has 0 aliphatic heterocycles. The summed E-state index contributed by atoms with van der Waals surface area (Å²) in [5.41, 5.74) is 0.208. The molecule has 3 amide bonds. The van der Waals surface area contributed by atoms with Crippen LogP contribution in [0.25, 0.3) is 0 Å². The van der Waals surface area contributed by atoms with Gasteiger partial charge in [-0.15, -0.1) is 0 Å². The van der Waals surface area contributed by atoms with E-state index in [0.717, 1.165) is 35.6 Å². The van der Waals surface area contributed by atoms with Crippen LogP contribution in [0.3, 0.4) is 0 Å². The average Bonchev–Trinajstić information content (AvgIpc) is 3.08. The van der Waals surface area contributed by atoms with Gasteiger partial charge >= 0.3 is 12.2 Å². The molecule has 2 aromatic carbocycles. The summed E-state index contributed by atoms with van der Waals surface area (Å²) in [5.74, 6) is -0.0717. The third-order valence-corrected chi connectivity index (χ3v) is 5.12. The summed E-state index contributed by atoms with van der Waals surface area (Å²) < 4.78 is 43.1. The van der Waals surface area contributed by atoms with Crippen LogP contribution in [-0.4, -0.2) is 24.0 Å². The summed E-state index contributed by atoms with van der Waals surface area (Å²) in [4.78, 5) is 29.1. The number of hydrogen-bond donors (Lipinski definition) is 3. The van der Waals surface area contributed by atoms with Crippen molar-refractivity contribution in [3.05, 3.63) is 64.7 Å². The number of urea groups is 1. The molecule has 0 saturated carbocycles. The number of anilines is 3. The van der Waals surface area contributed by atoms with E-state index in [1.807, 2.05) is 0 Å². The van der Waals surface area contributed by atoms with Crippen molar-refractivity contribution in [3.8, 4) is 5.75 Å². The molecule has 1 aromatic heterocycles. The van der Waals surface area contributed by atoms with Crippen molar-refractivity contribution >= 4 is 39.8 Å². The fourth-order valence-corrected chi connectivity index (χ4v) is 3.45. The SMILES string of the molecule is COc1ccccc1NC(=O)Nc1nc(C)c(C(=O)Nc2ccc(C(F)(F)F)cc2)s1. The van der Waals surface area contributed by atoms with Crippen molar-refractivity contribution in [2.24, 2.45) is 0 Å². The zero-order valence-electron chi connectivity index (χ0n) is 16.3. The fraction of sp³-hybridized carbons (Fsp3) is 0.150. The van der Waals surface area contributed by atoms with Crippen LogP contribution < -0.4 is 20.7 Å². The van der Waals surface area contributed by atoms with E-state index < -0.39 is 23.7 Å². The number of benzene rings is 2. The lowest BCUT2D eigenvalue weighted by molar-refractivity contribution is -0.137. The molecule has 0 aliphatic rings. The third-order valence-electron chi connectivity index (χ3n) is 4.05. The molecular formula is C20H17F3N4O3S. The number of alkyl halides is 3. The standard InChI is InChI=1S/C20H17F3N4O3S/c1-11-16(17(28)25-13-9-7-12(8-10-13)20(21,22)23)31-19(24-11)27-18(29)26-14-5-3-4-6-15(14)30-2/h3-10H,1-2H3,(H,25,28)(H2,24,26,27,29). The number of halogens is 3. The van der Waals surface area contributed by atoms with Crippen LogP contribution in [0, 0.1) is 6.92 Å². The Labute approximate surface area is 179 Å². The summed E-state index contributed by atoms with van der Waals surface area (Å²) in [7, 11) is 1.48. The topological polar surface area (TPSA) is 92.3 Å². The number of para-hydroxylation sites is 2. The number of nitrogens with zero attached hydrogens (tertiary/aromatic N) is 1. The number of carbonyl (C=O) groups excluding carboxylic acids is 2. The molecule has 3 N–H and O–H groups in total. The Bertz CT molecular complexity index is 1100. The van der Waals surface area contributed by atoms with Gasteiger partial charge in [-0.1, -0.05) is 23.5 Å². The second-order valence-electron chi connectivity index (χ2n) is 6.24. The largest absolute Gasteiger partial charge is 0.495 e. The molecule has 3 aromatic rings. The Kier molecular flexibility index (Phi) is 6.44. The van der Waals surface area contributed by atoms with Gasteiger partial charge in [0.2, 0.25) is 0 Å². The highest BCUT2D eigenvalue weighted by Gasteiger charge is 2.30. The fourth-order valence-electron chi connectivity index (χ4n) is 2.59. The van der Waals surface area contributed by atoms with Crippen LogP contribution in [0.2, 0.25) is 0 Å². The first-order valence-electron chi connectivity index (χ1n) is 8.84. The van der Waals surface area contributed by atoms with Gasteiger partial charge < -0.3 is 15.4 Å². The molecule has 3 rings (SSSR count). The predicted molar refractivity (Wildman–Crippen MR) is 112 cm³/mol. The van der Waals surface area contributed by atoms with Crippen LogP contribution in [-0.2, 0) is 6.18 Å². The first-order chi connectivity index (χ1) is 14.7. The minimum atomic E-state index is -4.46. The Morgan fingerprint density at radius 1 is 1.00 bits per heavy atom. The van der Waals surface area contributed by atoms with Gasteiger partial charge in [0, 0.05) is 5.69 Å². The van der Waals surface area contributed by atoms with Crippen molar-refractivity contribution in [1.29, 1.82) is 0 Å². The lowest BCUT2D eigenvalue weighted by Gasteiger charge is -2.09. The number of methoxy groups -OCH3 is 1. The van der Waals surface area contributed by atoms with Crippen LogP contribution >= 0.6 is 11.3 Å². The van der Waals surface area contributed by atoms with Crippen molar-refractivity contribution in [1.82, 2.24) is 4.98 Å². The highest BCUT2D eigenvalue weighted by Crippen LogP contribution is 2.30. The van der Waals surface area contributed by atoms with E-state index in [2.05, 4.69) is 20.9 Å². The molecule has 0 atom stereocenters. The Balaban J connectivity index is 1.66. The first-order valence-corrected chi connectivity index (χ1v) is 9.66. The molecule has 0 spiro atoms. The molecule has 7 nitrogen and oxygen atoms in total. The van der Waals surface area contributed by atoms with Gasteiger partial charge in [0.1, 0.15) is 10.6 Å². The lowest BCUT2D eigenvalue weighted by atomic mass is 10.2. The summed E-state index contributed by atoms with van der Waals surface area (Å²) in [5, 5.41) is 7.87. The van der Waals surface area contributed by atoms with Gasteiger partial charge in [-0.25, -0.2) is 9.78 Å². The molecule has 1 heterocycles. The monoisotopic (exact) mass is 450 g/mol. The molecule has 31 heavy (non-hydrogen) atoms. The van der Waals surface area contributed by atoms with Gasteiger partial charge in [-0.3, -0.25) is 10.1 Å². The molecule has 0 radical (unpaired) electrons. The smallest absolute Gasteiger partial charge is 0.416 e. The maximum Gasteiger partial charge on any atom is 0.416 e. The van der Waals surface area contributed by atoms with Gasteiger partial charge in [0.25, 0.3) is 5.91 Å². The van der Waals surface area contributed by atoms with Crippen LogP contribution in [0.1, 0.15) is 20.9 Å². The normalized spacial score (nSPS) is 11.0. The second kappa shape index (κ2) is 9.04. The van der Waals surface area contributed by atoms with E-state index in [4.69, 9.17) is 4.74 Å². The number of thiazole rings is 1. The van der Waals surface area contributed by atoms with E-state index in [-0.39, 0.29) is 15.7 Å². The molecule has 0 aliphatic carbocycles. The third kappa shape index (κ3) is 5.51. The molecule has 162 valence electrons. The number of aryl methyl sites for hydroxylation is 1. The summed E-state index contributed by atoms with van der Waals surface area (Å²) in [6.45, 7) is 1.58. The number of amides is 3. The van der Waals surface area contributed by atoms with Gasteiger partial charge in [0.05, 0.1) is 24.1 Å². The predicted octanol–water partition coefficient (Wildman–Crippen LogP) is 5.38. The number of aromatic nitrogens is 1. The molecule has 0 bridgehead atoms. The Hall–Kier alpha value is -3.60. The van der Waals surface area contributed by atoms with E-state index in [0.29, 0.717) is 17.1 Å². The molecule has 0 saturated heterocycles. The highest BCUT2D eigenvalue weighted by molar-refractivity contribution is 7.17. The zero-order valence-corrected chi connectivity index (χ0v) is 17.1. The van der Waals surface area contributed by atoms with Gasteiger partial charge in [0.15, 0.2) is 5.13 Å². The highest BCUT2D eigenvalue weighted by atomic mass is 32.1. The van der Waals surface area contributed by atoms with Crippen molar-refractivity contribution in [2.75, 3.05) is 23.1 Å². The molecular weight excluding hydrogens is 433 g/mol. The molecule has 11 heteroatoms. The maximum absolute atomic E-state index is 12.6. The minimum absolute atomic E-state index is 0.183. The Morgan fingerprint density at radius 2 is 1.68 bits per heavy atom. The number of carbonyl (C=O) groups is 2.